The highest BCUT2D eigenvalue weighted by Gasteiger charge is 2.20. The molecule has 0 atom stereocenters. The first-order valence-corrected chi connectivity index (χ1v) is 8.17. The van der Waals surface area contributed by atoms with E-state index in [1.54, 1.807) is 18.6 Å². The molecule has 2 rings (SSSR count). The summed E-state index contributed by atoms with van der Waals surface area (Å²) in [7, 11) is -3.66. The molecule has 0 bridgehead atoms. The largest absolute Gasteiger partial charge is 0.369 e. The molecule has 0 radical (unpaired) electrons. The number of rotatable bonds is 6. The van der Waals surface area contributed by atoms with Crippen LogP contribution in [-0.4, -0.2) is 30.1 Å². The van der Waals surface area contributed by atoms with Crippen molar-refractivity contribution in [1.29, 1.82) is 0 Å². The third-order valence-corrected chi connectivity index (χ3v) is 4.32. The van der Waals surface area contributed by atoms with Crippen molar-refractivity contribution in [3.05, 3.63) is 34.7 Å². The van der Waals surface area contributed by atoms with Crippen molar-refractivity contribution < 1.29 is 8.42 Å². The lowest BCUT2D eigenvalue weighted by Gasteiger charge is -2.11. The number of hydrogen-bond acceptors (Lipinski definition) is 5. The van der Waals surface area contributed by atoms with Gasteiger partial charge in [0.1, 0.15) is 10.7 Å². The SMILES string of the molecule is CCNc1ncc(Br)cc1S(=O)(=O)NCc1cn[nH]c1. The molecule has 0 saturated heterocycles. The Morgan fingerprint density at radius 3 is 2.85 bits per heavy atom. The molecule has 0 amide bonds. The van der Waals surface area contributed by atoms with Crippen LogP contribution in [0.5, 0.6) is 0 Å². The summed E-state index contributed by atoms with van der Waals surface area (Å²) in [5, 5.41) is 9.33. The summed E-state index contributed by atoms with van der Waals surface area (Å²) in [5.41, 5.74) is 0.751. The predicted molar refractivity (Wildman–Crippen MR) is 78.7 cm³/mol. The summed E-state index contributed by atoms with van der Waals surface area (Å²) >= 11 is 3.23. The summed E-state index contributed by atoms with van der Waals surface area (Å²) in [6.07, 6.45) is 4.74. The second-order valence-corrected chi connectivity index (χ2v) is 6.61. The molecule has 0 unspecified atom stereocenters. The van der Waals surface area contributed by atoms with Gasteiger partial charge in [0, 0.05) is 35.5 Å². The third-order valence-electron chi connectivity index (χ3n) is 2.47. The predicted octanol–water partition coefficient (Wildman–Crippen LogP) is 1.48. The van der Waals surface area contributed by atoms with Gasteiger partial charge in [-0.1, -0.05) is 0 Å². The van der Waals surface area contributed by atoms with Crippen molar-refractivity contribution in [2.75, 3.05) is 11.9 Å². The monoisotopic (exact) mass is 359 g/mol. The van der Waals surface area contributed by atoms with E-state index in [1.165, 1.54) is 6.07 Å². The van der Waals surface area contributed by atoms with E-state index in [2.05, 4.69) is 41.2 Å². The minimum Gasteiger partial charge on any atom is -0.369 e. The molecule has 0 aliphatic carbocycles. The molecule has 2 heterocycles. The lowest BCUT2D eigenvalue weighted by atomic mass is 10.4. The fourth-order valence-corrected chi connectivity index (χ4v) is 3.21. The number of halogens is 1. The summed E-state index contributed by atoms with van der Waals surface area (Å²) < 4.78 is 27.8. The first-order chi connectivity index (χ1) is 9.53. The van der Waals surface area contributed by atoms with E-state index in [1.807, 2.05) is 6.92 Å². The maximum Gasteiger partial charge on any atom is 0.244 e. The molecule has 7 nitrogen and oxygen atoms in total. The standard InChI is InChI=1S/C11H14BrN5O2S/c1-2-13-11-10(3-9(12)7-14-11)20(18,19)17-6-8-4-15-16-5-8/h3-5,7,17H,2,6H2,1H3,(H,13,14)(H,15,16). The first-order valence-electron chi connectivity index (χ1n) is 5.89. The molecule has 3 N–H and O–H groups in total. The highest BCUT2D eigenvalue weighted by atomic mass is 79.9. The van der Waals surface area contributed by atoms with E-state index in [0.29, 0.717) is 16.8 Å². The summed E-state index contributed by atoms with van der Waals surface area (Å²) in [5.74, 6) is 0.329. The topological polar surface area (TPSA) is 99.8 Å². The fraction of sp³-hybridized carbons (Fsp3) is 0.273. The van der Waals surface area contributed by atoms with Crippen molar-refractivity contribution in [3.8, 4) is 0 Å². The van der Waals surface area contributed by atoms with Gasteiger partial charge in [0.05, 0.1) is 6.20 Å². The number of H-pyrrole nitrogens is 1. The van der Waals surface area contributed by atoms with E-state index in [0.717, 1.165) is 5.56 Å². The molecule has 20 heavy (non-hydrogen) atoms. The number of hydrogen-bond donors (Lipinski definition) is 3. The Balaban J connectivity index is 2.26. The maximum atomic E-state index is 12.3. The second kappa shape index (κ2) is 6.33. The molecule has 0 spiro atoms. The van der Waals surface area contributed by atoms with Crippen molar-refractivity contribution in [1.82, 2.24) is 19.9 Å². The number of nitrogens with zero attached hydrogens (tertiary/aromatic N) is 2. The Hall–Kier alpha value is -1.45. The van der Waals surface area contributed by atoms with Crippen LogP contribution in [0.2, 0.25) is 0 Å². The van der Waals surface area contributed by atoms with Crippen molar-refractivity contribution in [2.45, 2.75) is 18.4 Å². The van der Waals surface area contributed by atoms with Crippen LogP contribution < -0.4 is 10.0 Å². The molecule has 9 heteroatoms. The highest BCUT2D eigenvalue weighted by molar-refractivity contribution is 9.10. The van der Waals surface area contributed by atoms with Crippen LogP contribution in [0.1, 0.15) is 12.5 Å². The maximum absolute atomic E-state index is 12.3. The Morgan fingerprint density at radius 1 is 1.40 bits per heavy atom. The van der Waals surface area contributed by atoms with Crippen molar-refractivity contribution in [2.24, 2.45) is 0 Å². The number of nitrogens with one attached hydrogen (secondary N) is 3. The summed E-state index contributed by atoms with van der Waals surface area (Å²) in [4.78, 5) is 4.19. The number of anilines is 1. The molecule has 0 aliphatic heterocycles. The Kier molecular flexibility index (Phi) is 4.73. The molecule has 0 fully saturated rings. The summed E-state index contributed by atoms with van der Waals surface area (Å²) in [6.45, 7) is 2.62. The summed E-state index contributed by atoms with van der Waals surface area (Å²) in [6, 6.07) is 1.52. The molecule has 108 valence electrons. The van der Waals surface area contributed by atoms with Crippen LogP contribution in [0.4, 0.5) is 5.82 Å². The van der Waals surface area contributed by atoms with Crippen LogP contribution in [-0.2, 0) is 16.6 Å². The van der Waals surface area contributed by atoms with E-state index >= 15 is 0 Å². The quantitative estimate of drug-likeness (QED) is 0.725. The number of aromatic amines is 1. The van der Waals surface area contributed by atoms with Crippen molar-refractivity contribution >= 4 is 31.8 Å². The van der Waals surface area contributed by atoms with Crippen LogP contribution >= 0.6 is 15.9 Å². The van der Waals surface area contributed by atoms with Crippen LogP contribution in [0.15, 0.2) is 34.0 Å². The van der Waals surface area contributed by atoms with Crippen LogP contribution in [0.3, 0.4) is 0 Å². The zero-order valence-electron chi connectivity index (χ0n) is 10.7. The van der Waals surface area contributed by atoms with Crippen molar-refractivity contribution in [3.63, 3.8) is 0 Å². The lowest BCUT2D eigenvalue weighted by molar-refractivity contribution is 0.581. The number of sulfonamides is 1. The van der Waals surface area contributed by atoms with Gasteiger partial charge >= 0.3 is 0 Å². The molecule has 2 aromatic heterocycles. The van der Waals surface area contributed by atoms with Gasteiger partial charge in [0.25, 0.3) is 0 Å². The zero-order chi connectivity index (χ0) is 14.6. The average Bonchev–Trinajstić information content (AvgIpc) is 2.92. The molecular weight excluding hydrogens is 346 g/mol. The van der Waals surface area contributed by atoms with E-state index in [4.69, 9.17) is 0 Å². The normalized spacial score (nSPS) is 11.5. The van der Waals surface area contributed by atoms with Gasteiger partial charge in [0.2, 0.25) is 10.0 Å². The van der Waals surface area contributed by atoms with Gasteiger partial charge < -0.3 is 5.32 Å². The zero-order valence-corrected chi connectivity index (χ0v) is 13.1. The van der Waals surface area contributed by atoms with Gasteiger partial charge in [0.15, 0.2) is 0 Å². The minimum absolute atomic E-state index is 0.109. The van der Waals surface area contributed by atoms with Gasteiger partial charge in [-0.2, -0.15) is 5.10 Å². The Labute approximate surface area is 125 Å². The van der Waals surface area contributed by atoms with Gasteiger partial charge in [-0.05, 0) is 28.9 Å². The molecule has 0 aromatic carbocycles. The second-order valence-electron chi connectivity index (χ2n) is 3.96. The smallest absolute Gasteiger partial charge is 0.244 e. The number of pyridine rings is 1. The van der Waals surface area contributed by atoms with E-state index in [-0.39, 0.29) is 11.4 Å². The van der Waals surface area contributed by atoms with Gasteiger partial charge in [-0.15, -0.1) is 0 Å². The average molecular weight is 360 g/mol. The molecule has 0 saturated carbocycles. The molecular formula is C11H14BrN5O2S. The van der Waals surface area contributed by atoms with Crippen LogP contribution in [0.25, 0.3) is 0 Å². The Morgan fingerprint density at radius 2 is 2.20 bits per heavy atom. The van der Waals surface area contributed by atoms with Gasteiger partial charge in [-0.25, -0.2) is 18.1 Å². The highest BCUT2D eigenvalue weighted by Crippen LogP contribution is 2.22. The van der Waals surface area contributed by atoms with Crippen LogP contribution in [0, 0.1) is 0 Å². The molecule has 0 aliphatic rings. The third kappa shape index (κ3) is 3.56. The first kappa shape index (κ1) is 14.9. The van der Waals surface area contributed by atoms with Gasteiger partial charge in [-0.3, -0.25) is 5.10 Å². The fourth-order valence-electron chi connectivity index (χ4n) is 1.56. The lowest BCUT2D eigenvalue weighted by Crippen LogP contribution is -2.24. The Bertz CT molecular complexity index is 672. The minimum atomic E-state index is -3.66. The number of aromatic nitrogens is 3. The van der Waals surface area contributed by atoms with E-state index in [9.17, 15) is 8.42 Å². The van der Waals surface area contributed by atoms with E-state index < -0.39 is 10.0 Å². The molecule has 2 aromatic rings.